The van der Waals surface area contributed by atoms with Gasteiger partial charge in [0.15, 0.2) is 11.5 Å². The number of para-hydroxylation sites is 1. The van der Waals surface area contributed by atoms with E-state index in [-0.39, 0.29) is 11.3 Å². The molecule has 6 heteroatoms. The Morgan fingerprint density at radius 2 is 1.81 bits per heavy atom. The van der Waals surface area contributed by atoms with Gasteiger partial charge < -0.3 is 21.3 Å². The third-order valence-electron chi connectivity index (χ3n) is 2.85. The highest BCUT2D eigenvalue weighted by atomic mass is 32.1. The molecule has 1 amide bonds. The van der Waals surface area contributed by atoms with Crippen LogP contribution in [0.2, 0.25) is 0 Å². The fourth-order valence-corrected chi connectivity index (χ4v) is 1.99. The number of phenolic OH excluding ortho intramolecular Hbond substituents is 2. The number of anilines is 1. The van der Waals surface area contributed by atoms with E-state index in [9.17, 15) is 15.0 Å². The third-order valence-corrected chi connectivity index (χ3v) is 2.99. The Kier molecular flexibility index (Phi) is 4.39. The molecule has 0 fully saturated rings. The minimum Gasteiger partial charge on any atom is -0.504 e. The summed E-state index contributed by atoms with van der Waals surface area (Å²) in [6.07, 6.45) is 0.497. The van der Waals surface area contributed by atoms with Crippen molar-refractivity contribution in [2.75, 3.05) is 5.32 Å². The molecular formula is C15H14N2O3S. The summed E-state index contributed by atoms with van der Waals surface area (Å²) in [5.74, 6) is -1.29. The van der Waals surface area contributed by atoms with Gasteiger partial charge in [-0.05, 0) is 29.8 Å². The van der Waals surface area contributed by atoms with Gasteiger partial charge in [-0.3, -0.25) is 4.79 Å². The quantitative estimate of drug-likeness (QED) is 0.513. The van der Waals surface area contributed by atoms with Gasteiger partial charge in [-0.1, -0.05) is 30.4 Å². The molecule has 0 heterocycles. The molecule has 0 spiro atoms. The first-order chi connectivity index (χ1) is 9.97. The van der Waals surface area contributed by atoms with Crippen LogP contribution < -0.4 is 11.1 Å². The van der Waals surface area contributed by atoms with Crippen molar-refractivity contribution in [1.82, 2.24) is 0 Å². The summed E-state index contributed by atoms with van der Waals surface area (Å²) in [5, 5.41) is 21.7. The number of hydrogen-bond donors (Lipinski definition) is 4. The van der Waals surface area contributed by atoms with Crippen molar-refractivity contribution >= 4 is 28.8 Å². The monoisotopic (exact) mass is 302 g/mol. The SMILES string of the molecule is NC(=S)Cc1ccc(NC(=O)c2cccc(O)c2O)cc1. The first-order valence-corrected chi connectivity index (χ1v) is 6.57. The van der Waals surface area contributed by atoms with Crippen LogP contribution in [0.1, 0.15) is 15.9 Å². The zero-order chi connectivity index (χ0) is 15.4. The molecule has 108 valence electrons. The van der Waals surface area contributed by atoms with Crippen LogP contribution in [0, 0.1) is 0 Å². The number of benzene rings is 2. The third kappa shape index (κ3) is 3.70. The van der Waals surface area contributed by atoms with Gasteiger partial charge in [-0.15, -0.1) is 0 Å². The molecule has 2 rings (SSSR count). The fraction of sp³-hybridized carbons (Fsp3) is 0.0667. The Balaban J connectivity index is 2.12. The summed E-state index contributed by atoms with van der Waals surface area (Å²) < 4.78 is 0. The van der Waals surface area contributed by atoms with Crippen molar-refractivity contribution in [3.63, 3.8) is 0 Å². The van der Waals surface area contributed by atoms with Crippen LogP contribution in [-0.2, 0) is 6.42 Å². The van der Waals surface area contributed by atoms with Crippen molar-refractivity contribution in [3.8, 4) is 11.5 Å². The number of nitrogens with one attached hydrogen (secondary N) is 1. The largest absolute Gasteiger partial charge is 0.504 e. The maximum absolute atomic E-state index is 12.0. The molecule has 2 aromatic rings. The number of carbonyl (C=O) groups excluding carboxylic acids is 1. The normalized spacial score (nSPS) is 10.1. The number of rotatable bonds is 4. The summed E-state index contributed by atoms with van der Waals surface area (Å²) in [7, 11) is 0. The van der Waals surface area contributed by atoms with Gasteiger partial charge in [0.2, 0.25) is 0 Å². The predicted octanol–water partition coefficient (Wildman–Crippen LogP) is 2.18. The predicted molar refractivity (Wildman–Crippen MR) is 84.7 cm³/mol. The van der Waals surface area contributed by atoms with Crippen molar-refractivity contribution in [2.24, 2.45) is 5.73 Å². The maximum Gasteiger partial charge on any atom is 0.259 e. The van der Waals surface area contributed by atoms with E-state index in [0.29, 0.717) is 17.1 Å². The highest BCUT2D eigenvalue weighted by molar-refractivity contribution is 7.80. The molecule has 0 bridgehead atoms. The Bertz CT molecular complexity index is 684. The lowest BCUT2D eigenvalue weighted by molar-refractivity contribution is 0.102. The molecule has 0 radical (unpaired) electrons. The standard InChI is InChI=1S/C15H14N2O3S/c16-13(21)8-9-4-6-10(7-5-9)17-15(20)11-2-1-3-12(18)14(11)19/h1-7,18-19H,8H2,(H2,16,21)(H,17,20). The van der Waals surface area contributed by atoms with E-state index in [1.165, 1.54) is 18.2 Å². The second-order valence-corrected chi connectivity index (χ2v) is 4.99. The molecule has 21 heavy (non-hydrogen) atoms. The van der Waals surface area contributed by atoms with Gasteiger partial charge >= 0.3 is 0 Å². The van der Waals surface area contributed by atoms with Crippen molar-refractivity contribution in [3.05, 3.63) is 53.6 Å². The number of carbonyl (C=O) groups is 1. The van der Waals surface area contributed by atoms with Gasteiger partial charge in [0, 0.05) is 12.1 Å². The van der Waals surface area contributed by atoms with Crippen molar-refractivity contribution in [1.29, 1.82) is 0 Å². The Labute approximate surface area is 127 Å². The molecule has 0 aliphatic heterocycles. The van der Waals surface area contributed by atoms with Crippen LogP contribution in [0.25, 0.3) is 0 Å². The van der Waals surface area contributed by atoms with Gasteiger partial charge in [-0.2, -0.15) is 0 Å². The highest BCUT2D eigenvalue weighted by Gasteiger charge is 2.13. The molecule has 5 N–H and O–H groups in total. The molecule has 2 aromatic carbocycles. The summed E-state index contributed by atoms with van der Waals surface area (Å²) in [6.45, 7) is 0. The molecule has 0 aromatic heterocycles. The maximum atomic E-state index is 12.0. The number of aromatic hydroxyl groups is 2. The lowest BCUT2D eigenvalue weighted by Crippen LogP contribution is -2.13. The van der Waals surface area contributed by atoms with E-state index >= 15 is 0 Å². The zero-order valence-electron chi connectivity index (χ0n) is 11.0. The molecule has 0 atom stereocenters. The summed E-state index contributed by atoms with van der Waals surface area (Å²) in [4.78, 5) is 12.4. The van der Waals surface area contributed by atoms with Gasteiger partial charge in [-0.25, -0.2) is 0 Å². The minimum absolute atomic E-state index is 0.00205. The van der Waals surface area contributed by atoms with E-state index < -0.39 is 11.7 Å². The first-order valence-electron chi connectivity index (χ1n) is 6.17. The lowest BCUT2D eigenvalue weighted by atomic mass is 10.1. The van der Waals surface area contributed by atoms with E-state index in [0.717, 1.165) is 5.56 Å². The highest BCUT2D eigenvalue weighted by Crippen LogP contribution is 2.28. The van der Waals surface area contributed by atoms with E-state index in [1.807, 2.05) is 0 Å². The molecule has 0 aliphatic rings. The molecule has 5 nitrogen and oxygen atoms in total. The summed E-state index contributed by atoms with van der Waals surface area (Å²) in [6, 6.07) is 11.2. The number of hydrogen-bond acceptors (Lipinski definition) is 4. The van der Waals surface area contributed by atoms with Gasteiger partial charge in [0.1, 0.15) is 0 Å². The molecule has 0 unspecified atom stereocenters. The summed E-state index contributed by atoms with van der Waals surface area (Å²) in [5.41, 5.74) is 6.97. The van der Waals surface area contributed by atoms with E-state index in [4.69, 9.17) is 18.0 Å². The number of amides is 1. The van der Waals surface area contributed by atoms with Crippen LogP contribution >= 0.6 is 12.2 Å². The zero-order valence-corrected chi connectivity index (χ0v) is 11.9. The second-order valence-electron chi connectivity index (χ2n) is 4.47. The topological polar surface area (TPSA) is 95.6 Å². The van der Waals surface area contributed by atoms with Crippen molar-refractivity contribution in [2.45, 2.75) is 6.42 Å². The average Bonchev–Trinajstić information content (AvgIpc) is 2.43. The Morgan fingerprint density at radius 1 is 1.14 bits per heavy atom. The number of nitrogens with two attached hydrogens (primary N) is 1. The van der Waals surface area contributed by atoms with E-state index in [2.05, 4.69) is 5.32 Å². The van der Waals surface area contributed by atoms with Crippen LogP contribution in [0.3, 0.4) is 0 Å². The smallest absolute Gasteiger partial charge is 0.259 e. The molecular weight excluding hydrogens is 288 g/mol. The molecule has 0 aliphatic carbocycles. The average molecular weight is 302 g/mol. The Morgan fingerprint density at radius 3 is 2.43 bits per heavy atom. The van der Waals surface area contributed by atoms with Crippen LogP contribution in [0.5, 0.6) is 11.5 Å². The van der Waals surface area contributed by atoms with Gasteiger partial charge in [0.25, 0.3) is 5.91 Å². The fourth-order valence-electron chi connectivity index (χ4n) is 1.82. The Hall–Kier alpha value is -2.60. The minimum atomic E-state index is -0.509. The number of thiocarbonyl (C=S) groups is 1. The molecule has 0 saturated heterocycles. The number of phenols is 2. The van der Waals surface area contributed by atoms with E-state index in [1.54, 1.807) is 24.3 Å². The lowest BCUT2D eigenvalue weighted by Gasteiger charge is -2.08. The summed E-state index contributed by atoms with van der Waals surface area (Å²) >= 11 is 4.83. The van der Waals surface area contributed by atoms with Crippen molar-refractivity contribution < 1.29 is 15.0 Å². The van der Waals surface area contributed by atoms with Crippen LogP contribution in [0.15, 0.2) is 42.5 Å². The van der Waals surface area contributed by atoms with Crippen LogP contribution in [0.4, 0.5) is 5.69 Å². The molecule has 0 saturated carbocycles. The first kappa shape index (κ1) is 14.8. The van der Waals surface area contributed by atoms with Crippen LogP contribution in [-0.4, -0.2) is 21.1 Å². The van der Waals surface area contributed by atoms with Gasteiger partial charge in [0.05, 0.1) is 10.6 Å². The second kappa shape index (κ2) is 6.23.